The monoisotopic (exact) mass is 307 g/mol. The zero-order valence-electron chi connectivity index (χ0n) is 11.0. The topological polar surface area (TPSA) is 81.1 Å². The van der Waals surface area contributed by atoms with E-state index in [1.807, 2.05) is 6.92 Å². The van der Waals surface area contributed by atoms with Gasteiger partial charge in [0, 0.05) is 19.3 Å². The van der Waals surface area contributed by atoms with Crippen molar-refractivity contribution < 1.29 is 8.42 Å². The largest absolute Gasteiger partial charge is 0.382 e. The SMILES string of the molecule is CCCn1ncc(NCCCS(C)(=O)=O)c(Cl)c1=O. The third kappa shape index (κ3) is 5.20. The Morgan fingerprint density at radius 1 is 1.47 bits per heavy atom. The number of nitrogens with one attached hydrogen (secondary N) is 1. The molecule has 1 aromatic rings. The molecule has 0 aliphatic carbocycles. The molecule has 108 valence electrons. The van der Waals surface area contributed by atoms with Gasteiger partial charge in [-0.25, -0.2) is 13.1 Å². The van der Waals surface area contributed by atoms with Gasteiger partial charge in [-0.05, 0) is 12.8 Å². The van der Waals surface area contributed by atoms with Crippen LogP contribution in [0.25, 0.3) is 0 Å². The fraction of sp³-hybridized carbons (Fsp3) is 0.636. The maximum Gasteiger partial charge on any atom is 0.287 e. The Morgan fingerprint density at radius 2 is 2.16 bits per heavy atom. The van der Waals surface area contributed by atoms with Crippen molar-refractivity contribution in [3.8, 4) is 0 Å². The van der Waals surface area contributed by atoms with E-state index in [1.165, 1.54) is 17.1 Å². The number of halogens is 1. The fourth-order valence-corrected chi connectivity index (χ4v) is 2.40. The number of nitrogens with zero attached hydrogens (tertiary/aromatic N) is 2. The molecule has 0 unspecified atom stereocenters. The maximum atomic E-state index is 11.8. The molecule has 0 radical (unpaired) electrons. The lowest BCUT2D eigenvalue weighted by Crippen LogP contribution is -2.24. The highest BCUT2D eigenvalue weighted by atomic mass is 35.5. The van der Waals surface area contributed by atoms with E-state index in [4.69, 9.17) is 11.6 Å². The minimum Gasteiger partial charge on any atom is -0.382 e. The zero-order valence-corrected chi connectivity index (χ0v) is 12.6. The van der Waals surface area contributed by atoms with E-state index in [2.05, 4.69) is 10.4 Å². The summed E-state index contributed by atoms with van der Waals surface area (Å²) in [6.45, 7) is 2.89. The quantitative estimate of drug-likeness (QED) is 0.764. The van der Waals surface area contributed by atoms with Crippen molar-refractivity contribution in [3.63, 3.8) is 0 Å². The minimum absolute atomic E-state index is 0.0859. The van der Waals surface area contributed by atoms with Crippen molar-refractivity contribution in [1.82, 2.24) is 9.78 Å². The van der Waals surface area contributed by atoms with Crippen LogP contribution in [0.5, 0.6) is 0 Å². The minimum atomic E-state index is -2.97. The third-order valence-electron chi connectivity index (χ3n) is 2.43. The van der Waals surface area contributed by atoms with Crippen molar-refractivity contribution in [2.24, 2.45) is 0 Å². The number of hydrogen-bond donors (Lipinski definition) is 1. The molecule has 0 aliphatic rings. The first-order valence-electron chi connectivity index (χ1n) is 6.02. The summed E-state index contributed by atoms with van der Waals surface area (Å²) in [6, 6.07) is 0. The Kier molecular flexibility index (Phi) is 5.81. The van der Waals surface area contributed by atoms with Crippen molar-refractivity contribution in [3.05, 3.63) is 21.6 Å². The summed E-state index contributed by atoms with van der Waals surface area (Å²) >= 11 is 5.95. The van der Waals surface area contributed by atoms with Crippen molar-refractivity contribution in [1.29, 1.82) is 0 Å². The number of hydrogen-bond acceptors (Lipinski definition) is 5. The van der Waals surface area contributed by atoms with Crippen LogP contribution in [-0.4, -0.2) is 36.8 Å². The maximum absolute atomic E-state index is 11.8. The summed E-state index contributed by atoms with van der Waals surface area (Å²) in [7, 11) is -2.97. The Balaban J connectivity index is 2.65. The van der Waals surface area contributed by atoms with Crippen LogP contribution in [0.3, 0.4) is 0 Å². The van der Waals surface area contributed by atoms with Gasteiger partial charge in [0.25, 0.3) is 5.56 Å². The van der Waals surface area contributed by atoms with E-state index in [9.17, 15) is 13.2 Å². The smallest absolute Gasteiger partial charge is 0.287 e. The molecule has 0 amide bonds. The predicted molar refractivity (Wildman–Crippen MR) is 76.6 cm³/mol. The van der Waals surface area contributed by atoms with Gasteiger partial charge >= 0.3 is 0 Å². The van der Waals surface area contributed by atoms with E-state index in [-0.39, 0.29) is 16.3 Å². The van der Waals surface area contributed by atoms with E-state index in [0.29, 0.717) is 25.2 Å². The summed E-state index contributed by atoms with van der Waals surface area (Å²) in [4.78, 5) is 11.8. The van der Waals surface area contributed by atoms with Gasteiger partial charge in [-0.15, -0.1) is 0 Å². The second kappa shape index (κ2) is 6.91. The van der Waals surface area contributed by atoms with Crippen LogP contribution in [0.2, 0.25) is 5.02 Å². The van der Waals surface area contributed by atoms with Crippen molar-refractivity contribution in [2.75, 3.05) is 23.9 Å². The normalized spacial score (nSPS) is 11.5. The van der Waals surface area contributed by atoms with Crippen LogP contribution in [0, 0.1) is 0 Å². The van der Waals surface area contributed by atoms with Crippen LogP contribution in [0.15, 0.2) is 11.0 Å². The van der Waals surface area contributed by atoms with E-state index in [0.717, 1.165) is 6.42 Å². The molecule has 6 nitrogen and oxygen atoms in total. The first kappa shape index (κ1) is 16.0. The molecule has 1 heterocycles. The van der Waals surface area contributed by atoms with Gasteiger partial charge in [0.2, 0.25) is 0 Å². The number of sulfone groups is 1. The molecule has 0 aliphatic heterocycles. The van der Waals surface area contributed by atoms with E-state index >= 15 is 0 Å². The van der Waals surface area contributed by atoms with Crippen molar-refractivity contribution in [2.45, 2.75) is 26.3 Å². The summed E-state index contributed by atoms with van der Waals surface area (Å²) in [6.07, 6.45) is 3.92. The number of rotatable bonds is 7. The van der Waals surface area contributed by atoms with Crippen LogP contribution in [0.4, 0.5) is 5.69 Å². The average molecular weight is 308 g/mol. The molecule has 0 saturated carbocycles. The molecular formula is C11H18ClN3O3S. The molecule has 1 rings (SSSR count). The van der Waals surface area contributed by atoms with Gasteiger partial charge < -0.3 is 5.32 Å². The van der Waals surface area contributed by atoms with Crippen LogP contribution >= 0.6 is 11.6 Å². The Bertz CT molecular complexity index is 583. The molecule has 1 aromatic heterocycles. The summed E-state index contributed by atoms with van der Waals surface area (Å²) < 4.78 is 23.2. The highest BCUT2D eigenvalue weighted by Crippen LogP contribution is 2.15. The number of anilines is 1. The molecule has 8 heteroatoms. The summed E-state index contributed by atoms with van der Waals surface area (Å²) in [5, 5.41) is 7.00. The van der Waals surface area contributed by atoms with Gasteiger partial charge in [-0.2, -0.15) is 5.10 Å². The summed E-state index contributed by atoms with van der Waals surface area (Å²) in [5.74, 6) is 0.0952. The molecule has 19 heavy (non-hydrogen) atoms. The van der Waals surface area contributed by atoms with E-state index < -0.39 is 9.84 Å². The van der Waals surface area contributed by atoms with Crippen LogP contribution in [0.1, 0.15) is 19.8 Å². The van der Waals surface area contributed by atoms with Crippen molar-refractivity contribution >= 4 is 27.1 Å². The molecule has 0 fully saturated rings. The lowest BCUT2D eigenvalue weighted by atomic mass is 10.4. The lowest BCUT2D eigenvalue weighted by Gasteiger charge is -2.09. The second-order valence-electron chi connectivity index (χ2n) is 4.31. The molecule has 0 atom stereocenters. The average Bonchev–Trinajstić information content (AvgIpc) is 2.32. The molecule has 1 N–H and O–H groups in total. The Morgan fingerprint density at radius 3 is 2.74 bits per heavy atom. The lowest BCUT2D eigenvalue weighted by molar-refractivity contribution is 0.568. The number of aryl methyl sites for hydroxylation is 1. The molecule has 0 saturated heterocycles. The first-order valence-corrected chi connectivity index (χ1v) is 8.46. The second-order valence-corrected chi connectivity index (χ2v) is 6.95. The Labute approximate surface area is 117 Å². The molecule has 0 spiro atoms. The molecular weight excluding hydrogens is 290 g/mol. The third-order valence-corrected chi connectivity index (χ3v) is 3.82. The zero-order chi connectivity index (χ0) is 14.5. The molecule has 0 bridgehead atoms. The van der Waals surface area contributed by atoms with Crippen LogP contribution in [-0.2, 0) is 16.4 Å². The standard InChI is InChI=1S/C11H18ClN3O3S/c1-3-6-15-11(16)10(12)9(8-14-15)13-5-4-7-19(2,17)18/h8,13H,3-7H2,1-2H3. The number of aromatic nitrogens is 2. The van der Waals surface area contributed by atoms with E-state index in [1.54, 1.807) is 0 Å². The highest BCUT2D eigenvalue weighted by Gasteiger charge is 2.08. The van der Waals surface area contributed by atoms with Gasteiger partial charge in [0.05, 0.1) is 17.6 Å². The molecule has 0 aromatic carbocycles. The van der Waals surface area contributed by atoms with Gasteiger partial charge in [0.1, 0.15) is 14.9 Å². The predicted octanol–water partition coefficient (Wildman–Crippen LogP) is 1.15. The van der Waals surface area contributed by atoms with Gasteiger partial charge in [-0.3, -0.25) is 4.79 Å². The van der Waals surface area contributed by atoms with Gasteiger partial charge in [0.15, 0.2) is 0 Å². The fourth-order valence-electron chi connectivity index (χ4n) is 1.52. The first-order chi connectivity index (χ1) is 8.85. The summed E-state index contributed by atoms with van der Waals surface area (Å²) in [5.41, 5.74) is 0.101. The van der Waals surface area contributed by atoms with Crippen LogP contribution < -0.4 is 10.9 Å². The van der Waals surface area contributed by atoms with Gasteiger partial charge in [-0.1, -0.05) is 18.5 Å². The Hall–Kier alpha value is -1.08. The highest BCUT2D eigenvalue weighted by molar-refractivity contribution is 7.90.